The number of hydrogen-bond donors (Lipinski definition) is 1. The summed E-state index contributed by atoms with van der Waals surface area (Å²) in [6.07, 6.45) is 1.59. The van der Waals surface area contributed by atoms with Crippen molar-refractivity contribution in [2.24, 2.45) is 5.92 Å². The molecule has 9 nitrogen and oxygen atoms in total. The first-order valence-corrected chi connectivity index (χ1v) is 14.3. The van der Waals surface area contributed by atoms with Gasteiger partial charge in [0.15, 0.2) is 22.9 Å². The standard InChI is InChI=1S/C32H38N2O7/c1-21(2)11-16-40-24-9-4-7-22(19-24)28-27(29(35)26-20-23-8-5-10-25(38-3)31(23)41-26)30(36)32(37)34(28)13-6-12-33-14-17-39-18-15-33/h4-5,7-10,19-21,28,36H,6,11-18H2,1-3H3. The van der Waals surface area contributed by atoms with Gasteiger partial charge >= 0.3 is 0 Å². The minimum Gasteiger partial charge on any atom is -0.503 e. The zero-order valence-electron chi connectivity index (χ0n) is 23.9. The second kappa shape index (κ2) is 12.8. The fourth-order valence-corrected chi connectivity index (χ4v) is 5.38. The molecule has 3 heterocycles. The predicted octanol–water partition coefficient (Wildman–Crippen LogP) is 5.17. The van der Waals surface area contributed by atoms with E-state index < -0.39 is 23.5 Å². The van der Waals surface area contributed by atoms with Crippen molar-refractivity contribution in [3.8, 4) is 11.5 Å². The predicted molar refractivity (Wildman–Crippen MR) is 154 cm³/mol. The molecule has 218 valence electrons. The second-order valence-corrected chi connectivity index (χ2v) is 10.9. The molecule has 2 aliphatic rings. The van der Waals surface area contributed by atoms with Gasteiger partial charge in [0.25, 0.3) is 5.91 Å². The second-order valence-electron chi connectivity index (χ2n) is 10.9. The van der Waals surface area contributed by atoms with Crippen molar-refractivity contribution in [3.05, 3.63) is 71.2 Å². The molecule has 5 rings (SSSR count). The van der Waals surface area contributed by atoms with E-state index in [2.05, 4.69) is 18.7 Å². The van der Waals surface area contributed by atoms with Crippen molar-refractivity contribution in [3.63, 3.8) is 0 Å². The molecule has 1 amide bonds. The van der Waals surface area contributed by atoms with Crippen LogP contribution in [0.4, 0.5) is 0 Å². The van der Waals surface area contributed by atoms with Gasteiger partial charge in [-0.3, -0.25) is 14.5 Å². The average Bonchev–Trinajstić information content (AvgIpc) is 3.52. The zero-order valence-corrected chi connectivity index (χ0v) is 23.9. The number of para-hydroxylation sites is 1. The number of furan rings is 1. The van der Waals surface area contributed by atoms with Gasteiger partial charge in [0, 0.05) is 31.6 Å². The third-order valence-electron chi connectivity index (χ3n) is 7.61. The highest BCUT2D eigenvalue weighted by molar-refractivity contribution is 6.16. The zero-order chi connectivity index (χ0) is 28.9. The maximum Gasteiger partial charge on any atom is 0.290 e. The molecule has 0 bridgehead atoms. The van der Waals surface area contributed by atoms with E-state index in [1.807, 2.05) is 36.4 Å². The lowest BCUT2D eigenvalue weighted by Crippen LogP contribution is -2.39. The first-order valence-electron chi connectivity index (χ1n) is 14.3. The molecule has 0 aliphatic carbocycles. The maximum absolute atomic E-state index is 14.0. The number of carbonyl (C=O) groups is 2. The lowest BCUT2D eigenvalue weighted by atomic mass is 9.94. The first-order chi connectivity index (χ1) is 19.9. The van der Waals surface area contributed by atoms with E-state index in [4.69, 9.17) is 18.6 Å². The molecule has 41 heavy (non-hydrogen) atoms. The van der Waals surface area contributed by atoms with Crippen LogP contribution >= 0.6 is 0 Å². The molecule has 1 unspecified atom stereocenters. The Morgan fingerprint density at radius 1 is 1.10 bits per heavy atom. The summed E-state index contributed by atoms with van der Waals surface area (Å²) in [5.74, 6) is 0.0128. The number of carbonyl (C=O) groups excluding carboxylic acids is 2. The van der Waals surface area contributed by atoms with Gasteiger partial charge in [-0.15, -0.1) is 0 Å². The fraction of sp³-hybridized carbons (Fsp3) is 0.438. The molecule has 1 atom stereocenters. The largest absolute Gasteiger partial charge is 0.503 e. The molecular weight excluding hydrogens is 524 g/mol. The van der Waals surface area contributed by atoms with Crippen molar-refractivity contribution < 1.29 is 33.3 Å². The van der Waals surface area contributed by atoms with Gasteiger partial charge < -0.3 is 28.6 Å². The molecule has 0 saturated carbocycles. The Morgan fingerprint density at radius 3 is 2.63 bits per heavy atom. The average molecular weight is 563 g/mol. The Hall–Kier alpha value is -3.82. The van der Waals surface area contributed by atoms with Gasteiger partial charge in [-0.1, -0.05) is 38.1 Å². The molecule has 1 saturated heterocycles. The van der Waals surface area contributed by atoms with Crippen LogP contribution in [-0.4, -0.2) is 79.7 Å². The number of fused-ring (bicyclic) bond motifs is 1. The van der Waals surface area contributed by atoms with Gasteiger partial charge in [0.1, 0.15) is 5.75 Å². The highest BCUT2D eigenvalue weighted by atomic mass is 16.5. The van der Waals surface area contributed by atoms with E-state index >= 15 is 0 Å². The summed E-state index contributed by atoms with van der Waals surface area (Å²) >= 11 is 0. The van der Waals surface area contributed by atoms with E-state index in [9.17, 15) is 14.7 Å². The van der Waals surface area contributed by atoms with E-state index in [-0.39, 0.29) is 11.3 Å². The van der Waals surface area contributed by atoms with E-state index in [1.54, 1.807) is 17.0 Å². The molecule has 2 aliphatic heterocycles. The number of ether oxygens (including phenoxy) is 3. The van der Waals surface area contributed by atoms with Gasteiger partial charge in [-0.25, -0.2) is 0 Å². The molecule has 2 aromatic carbocycles. The Labute approximate surface area is 240 Å². The number of hydrogen-bond acceptors (Lipinski definition) is 8. The lowest BCUT2D eigenvalue weighted by Gasteiger charge is -2.30. The number of benzene rings is 2. The minimum atomic E-state index is -0.788. The maximum atomic E-state index is 14.0. The number of aliphatic hydroxyl groups excluding tert-OH is 1. The first kappa shape index (κ1) is 28.7. The van der Waals surface area contributed by atoms with E-state index in [0.29, 0.717) is 66.7 Å². The molecular formula is C32H38N2O7. The van der Waals surface area contributed by atoms with Gasteiger partial charge in [-0.2, -0.15) is 0 Å². The van der Waals surface area contributed by atoms with Gasteiger partial charge in [0.2, 0.25) is 5.78 Å². The van der Waals surface area contributed by atoms with Crippen LogP contribution < -0.4 is 9.47 Å². The number of morpholine rings is 1. The number of ketones is 1. The number of amides is 1. The molecule has 1 N–H and O–H groups in total. The molecule has 3 aromatic rings. The topological polar surface area (TPSA) is 102 Å². The number of rotatable bonds is 12. The summed E-state index contributed by atoms with van der Waals surface area (Å²) in [7, 11) is 1.53. The Kier molecular flexibility index (Phi) is 8.95. The molecule has 0 radical (unpaired) electrons. The Morgan fingerprint density at radius 2 is 1.88 bits per heavy atom. The molecule has 0 spiro atoms. The van der Waals surface area contributed by atoms with Crippen molar-refractivity contribution >= 4 is 22.7 Å². The minimum absolute atomic E-state index is 0.00118. The van der Waals surface area contributed by atoms with Crippen LogP contribution in [0.15, 0.2) is 64.3 Å². The van der Waals surface area contributed by atoms with Crippen LogP contribution in [0.25, 0.3) is 11.0 Å². The Balaban J connectivity index is 1.46. The summed E-state index contributed by atoms with van der Waals surface area (Å²) in [5.41, 5.74) is 1.12. The molecule has 1 aromatic heterocycles. The van der Waals surface area contributed by atoms with E-state index in [1.165, 1.54) is 7.11 Å². The molecule has 9 heteroatoms. The third kappa shape index (κ3) is 6.26. The smallest absolute Gasteiger partial charge is 0.290 e. The van der Waals surface area contributed by atoms with Crippen LogP contribution in [0.1, 0.15) is 48.8 Å². The highest BCUT2D eigenvalue weighted by Crippen LogP contribution is 2.41. The van der Waals surface area contributed by atoms with Crippen LogP contribution in [0.2, 0.25) is 0 Å². The van der Waals surface area contributed by atoms with Crippen LogP contribution in [0, 0.1) is 5.92 Å². The summed E-state index contributed by atoms with van der Waals surface area (Å²) in [5, 5.41) is 11.8. The monoisotopic (exact) mass is 562 g/mol. The summed E-state index contributed by atoms with van der Waals surface area (Å²) in [6, 6.07) is 13.6. The number of Topliss-reactive ketones (excluding diaryl/α,β-unsaturated/α-hetero) is 1. The molecule has 1 fully saturated rings. The van der Waals surface area contributed by atoms with Crippen molar-refractivity contribution in [1.82, 2.24) is 9.80 Å². The Bertz CT molecular complexity index is 1420. The van der Waals surface area contributed by atoms with Crippen LogP contribution in [0.3, 0.4) is 0 Å². The van der Waals surface area contributed by atoms with Crippen LogP contribution in [-0.2, 0) is 9.53 Å². The SMILES string of the molecule is COc1cccc2cc(C(=O)C3=C(O)C(=O)N(CCCN4CCOCC4)C3c3cccc(OCCC(C)C)c3)oc12. The number of nitrogens with zero attached hydrogens (tertiary/aromatic N) is 2. The highest BCUT2D eigenvalue weighted by Gasteiger charge is 2.44. The van der Waals surface area contributed by atoms with Crippen molar-refractivity contribution in [1.29, 1.82) is 0 Å². The summed E-state index contributed by atoms with van der Waals surface area (Å²) in [6.45, 7) is 9.05. The quantitative estimate of drug-likeness (QED) is 0.302. The van der Waals surface area contributed by atoms with E-state index in [0.717, 1.165) is 26.1 Å². The third-order valence-corrected chi connectivity index (χ3v) is 7.61. The number of aliphatic hydroxyl groups is 1. The van der Waals surface area contributed by atoms with Gasteiger partial charge in [0.05, 0.1) is 38.5 Å². The summed E-state index contributed by atoms with van der Waals surface area (Å²) in [4.78, 5) is 31.3. The number of methoxy groups -OCH3 is 1. The summed E-state index contributed by atoms with van der Waals surface area (Å²) < 4.78 is 22.8. The van der Waals surface area contributed by atoms with Crippen molar-refractivity contribution in [2.45, 2.75) is 32.7 Å². The lowest BCUT2D eigenvalue weighted by molar-refractivity contribution is -0.129. The fourth-order valence-electron chi connectivity index (χ4n) is 5.38. The normalized spacial score (nSPS) is 18.1. The van der Waals surface area contributed by atoms with Gasteiger partial charge in [-0.05, 0) is 48.6 Å². The van der Waals surface area contributed by atoms with Crippen molar-refractivity contribution in [2.75, 3.05) is 53.1 Å². The van der Waals surface area contributed by atoms with Crippen LogP contribution in [0.5, 0.6) is 11.5 Å².